The summed E-state index contributed by atoms with van der Waals surface area (Å²) < 4.78 is 9.35. The Morgan fingerprint density at radius 3 is 2.84 bits per heavy atom. The van der Waals surface area contributed by atoms with Crippen LogP contribution in [0.3, 0.4) is 0 Å². The first kappa shape index (κ1) is 14.0. The van der Waals surface area contributed by atoms with Crippen molar-refractivity contribution in [1.29, 1.82) is 0 Å². The summed E-state index contributed by atoms with van der Waals surface area (Å²) in [6.45, 7) is 5.68. The van der Waals surface area contributed by atoms with Crippen molar-refractivity contribution in [2.75, 3.05) is 25.6 Å². The molecule has 2 aromatic rings. The lowest BCUT2D eigenvalue weighted by Crippen LogP contribution is -2.07. The van der Waals surface area contributed by atoms with Crippen molar-refractivity contribution < 1.29 is 4.74 Å². The zero-order valence-electron chi connectivity index (χ0n) is 11.6. The molecule has 1 N–H and O–H groups in total. The largest absolute Gasteiger partial charge is 0.383 e. The summed E-state index contributed by atoms with van der Waals surface area (Å²) in [5.74, 6) is 0.869. The van der Waals surface area contributed by atoms with E-state index in [-0.39, 0.29) is 0 Å². The van der Waals surface area contributed by atoms with Crippen LogP contribution < -0.4 is 5.32 Å². The number of hydrogen-bond donors (Lipinski definition) is 1. The fraction of sp³-hybridized carbons (Fsp3) is 0.429. The van der Waals surface area contributed by atoms with Crippen molar-refractivity contribution in [1.82, 2.24) is 9.36 Å². The molecule has 0 fully saturated rings. The highest BCUT2D eigenvalue weighted by Gasteiger charge is 2.05. The molecule has 1 aromatic carbocycles. The molecule has 0 spiro atoms. The number of anilines is 1. The number of hydrogen-bond acceptors (Lipinski definition) is 5. The number of ether oxygens (including phenoxy) is 1. The fourth-order valence-electron chi connectivity index (χ4n) is 1.75. The summed E-state index contributed by atoms with van der Waals surface area (Å²) in [6, 6.07) is 6.49. The molecule has 0 radical (unpaired) electrons. The highest BCUT2D eigenvalue weighted by molar-refractivity contribution is 7.09. The Bertz CT molecular complexity index is 539. The SMILES string of the molecule is COCCNc1nc(Cc2ccc(C)c(C)c2)ns1. The number of nitrogens with zero attached hydrogens (tertiary/aromatic N) is 2. The molecule has 2 rings (SSSR count). The van der Waals surface area contributed by atoms with E-state index in [4.69, 9.17) is 4.74 Å². The molecule has 0 amide bonds. The molecule has 0 aliphatic rings. The number of aromatic nitrogens is 2. The first-order valence-electron chi connectivity index (χ1n) is 6.30. The molecule has 102 valence electrons. The topological polar surface area (TPSA) is 47.0 Å². The summed E-state index contributed by atoms with van der Waals surface area (Å²) in [7, 11) is 1.69. The van der Waals surface area contributed by atoms with Crippen molar-refractivity contribution in [3.8, 4) is 0 Å². The standard InChI is InChI=1S/C14H19N3OS/c1-10-4-5-12(8-11(10)2)9-13-16-14(19-17-13)15-6-7-18-3/h4-5,8H,6-7,9H2,1-3H3,(H,15,16,17). The maximum absolute atomic E-state index is 4.98. The quantitative estimate of drug-likeness (QED) is 0.825. The van der Waals surface area contributed by atoms with Gasteiger partial charge in [0, 0.05) is 31.6 Å². The number of methoxy groups -OCH3 is 1. The first-order chi connectivity index (χ1) is 9.19. The summed E-state index contributed by atoms with van der Waals surface area (Å²) in [5, 5.41) is 4.05. The molecular weight excluding hydrogens is 258 g/mol. The second-order valence-electron chi connectivity index (χ2n) is 4.53. The summed E-state index contributed by atoms with van der Waals surface area (Å²) in [5.41, 5.74) is 3.88. The van der Waals surface area contributed by atoms with E-state index in [1.54, 1.807) is 7.11 Å². The number of rotatable bonds is 6. The average Bonchev–Trinajstić information content (AvgIpc) is 2.82. The van der Waals surface area contributed by atoms with Crippen LogP contribution >= 0.6 is 11.5 Å². The van der Waals surface area contributed by atoms with E-state index in [1.807, 2.05) is 0 Å². The number of nitrogens with one attached hydrogen (secondary N) is 1. The van der Waals surface area contributed by atoms with Gasteiger partial charge < -0.3 is 10.1 Å². The van der Waals surface area contributed by atoms with Crippen molar-refractivity contribution in [2.24, 2.45) is 0 Å². The molecule has 1 heterocycles. The Morgan fingerprint density at radius 1 is 1.26 bits per heavy atom. The van der Waals surface area contributed by atoms with Crippen LogP contribution in [0.15, 0.2) is 18.2 Å². The molecule has 19 heavy (non-hydrogen) atoms. The zero-order chi connectivity index (χ0) is 13.7. The minimum Gasteiger partial charge on any atom is -0.383 e. The molecule has 5 heteroatoms. The predicted molar refractivity (Wildman–Crippen MR) is 79.0 cm³/mol. The normalized spacial score (nSPS) is 10.7. The van der Waals surface area contributed by atoms with Gasteiger partial charge in [-0.1, -0.05) is 18.2 Å². The van der Waals surface area contributed by atoms with Gasteiger partial charge in [-0.15, -0.1) is 0 Å². The van der Waals surface area contributed by atoms with Gasteiger partial charge in [-0.05, 0) is 30.5 Å². The molecule has 0 saturated heterocycles. The number of benzene rings is 1. The lowest BCUT2D eigenvalue weighted by molar-refractivity contribution is 0.211. The van der Waals surface area contributed by atoms with Crippen LogP contribution in [-0.2, 0) is 11.2 Å². The van der Waals surface area contributed by atoms with Gasteiger partial charge in [0.05, 0.1) is 6.61 Å². The molecular formula is C14H19N3OS. The Kier molecular flexibility index (Phi) is 4.87. The van der Waals surface area contributed by atoms with Gasteiger partial charge in [-0.25, -0.2) is 4.98 Å². The van der Waals surface area contributed by atoms with Crippen LogP contribution in [0.4, 0.5) is 5.13 Å². The zero-order valence-corrected chi connectivity index (χ0v) is 12.4. The molecule has 0 bridgehead atoms. The third kappa shape index (κ3) is 4.01. The van der Waals surface area contributed by atoms with Crippen LogP contribution in [0.2, 0.25) is 0 Å². The first-order valence-corrected chi connectivity index (χ1v) is 7.08. The van der Waals surface area contributed by atoms with E-state index in [2.05, 4.69) is 46.7 Å². The molecule has 0 saturated carbocycles. The van der Waals surface area contributed by atoms with E-state index >= 15 is 0 Å². The van der Waals surface area contributed by atoms with Crippen LogP contribution in [0.25, 0.3) is 0 Å². The Labute approximate surface area is 118 Å². The lowest BCUT2D eigenvalue weighted by Gasteiger charge is -2.03. The van der Waals surface area contributed by atoms with Gasteiger partial charge in [0.25, 0.3) is 0 Å². The van der Waals surface area contributed by atoms with Gasteiger partial charge in [0.15, 0.2) is 0 Å². The molecule has 1 aromatic heterocycles. The molecule has 0 aliphatic heterocycles. The van der Waals surface area contributed by atoms with Gasteiger partial charge in [-0.2, -0.15) is 4.37 Å². The van der Waals surface area contributed by atoms with E-state index in [0.29, 0.717) is 6.61 Å². The highest BCUT2D eigenvalue weighted by Crippen LogP contribution is 2.16. The minimum absolute atomic E-state index is 0.673. The second-order valence-corrected chi connectivity index (χ2v) is 5.28. The molecule has 4 nitrogen and oxygen atoms in total. The van der Waals surface area contributed by atoms with Gasteiger partial charge in [0.2, 0.25) is 5.13 Å². The van der Waals surface area contributed by atoms with Crippen molar-refractivity contribution >= 4 is 16.7 Å². The van der Waals surface area contributed by atoms with Crippen molar-refractivity contribution in [2.45, 2.75) is 20.3 Å². The van der Waals surface area contributed by atoms with Crippen LogP contribution in [-0.4, -0.2) is 29.6 Å². The second kappa shape index (κ2) is 6.63. The van der Waals surface area contributed by atoms with E-state index in [9.17, 15) is 0 Å². The third-order valence-electron chi connectivity index (χ3n) is 2.98. The summed E-state index contributed by atoms with van der Waals surface area (Å²) in [6.07, 6.45) is 0.781. The Balaban J connectivity index is 1.97. The maximum Gasteiger partial charge on any atom is 0.202 e. The van der Waals surface area contributed by atoms with Gasteiger partial charge in [-0.3, -0.25) is 0 Å². The van der Waals surface area contributed by atoms with Crippen LogP contribution in [0.5, 0.6) is 0 Å². The summed E-state index contributed by atoms with van der Waals surface area (Å²) in [4.78, 5) is 4.47. The van der Waals surface area contributed by atoms with E-state index in [0.717, 1.165) is 23.9 Å². The average molecular weight is 277 g/mol. The van der Waals surface area contributed by atoms with Gasteiger partial charge in [0.1, 0.15) is 5.82 Å². The Morgan fingerprint density at radius 2 is 2.11 bits per heavy atom. The predicted octanol–water partition coefficient (Wildman–Crippen LogP) is 2.80. The fourth-order valence-corrected chi connectivity index (χ4v) is 2.36. The van der Waals surface area contributed by atoms with Crippen molar-refractivity contribution in [3.05, 3.63) is 40.7 Å². The molecule has 0 aliphatic carbocycles. The van der Waals surface area contributed by atoms with Crippen LogP contribution in [0, 0.1) is 13.8 Å². The van der Waals surface area contributed by atoms with Crippen molar-refractivity contribution in [3.63, 3.8) is 0 Å². The van der Waals surface area contributed by atoms with Gasteiger partial charge >= 0.3 is 0 Å². The summed E-state index contributed by atoms with van der Waals surface area (Å²) >= 11 is 1.40. The van der Waals surface area contributed by atoms with E-state index in [1.165, 1.54) is 28.2 Å². The monoisotopic (exact) mass is 277 g/mol. The highest BCUT2D eigenvalue weighted by atomic mass is 32.1. The Hall–Kier alpha value is -1.46. The molecule has 0 atom stereocenters. The van der Waals surface area contributed by atoms with Crippen LogP contribution in [0.1, 0.15) is 22.5 Å². The lowest BCUT2D eigenvalue weighted by atomic mass is 10.0. The smallest absolute Gasteiger partial charge is 0.202 e. The maximum atomic E-state index is 4.98. The number of aryl methyl sites for hydroxylation is 2. The molecule has 0 unspecified atom stereocenters. The third-order valence-corrected chi connectivity index (χ3v) is 3.69. The minimum atomic E-state index is 0.673. The van der Waals surface area contributed by atoms with E-state index < -0.39 is 0 Å².